The number of fused-ring (bicyclic) bond motifs is 1. The molecule has 0 spiro atoms. The van der Waals surface area contributed by atoms with Gasteiger partial charge in [0.2, 0.25) is 0 Å². The second-order valence-corrected chi connectivity index (χ2v) is 9.98. The molecule has 2 aliphatic rings. The molecule has 0 bridgehead atoms. The predicted molar refractivity (Wildman–Crippen MR) is 138 cm³/mol. The highest BCUT2D eigenvalue weighted by atomic mass is 32.2. The molecule has 1 aromatic heterocycles. The summed E-state index contributed by atoms with van der Waals surface area (Å²) in [7, 11) is 2.12. The van der Waals surface area contributed by atoms with Crippen LogP contribution in [0.5, 0.6) is 0 Å². The van der Waals surface area contributed by atoms with Crippen molar-refractivity contribution in [2.45, 2.75) is 33.2 Å². The lowest BCUT2D eigenvalue weighted by Crippen LogP contribution is -2.45. The van der Waals surface area contributed by atoms with Gasteiger partial charge in [-0.05, 0) is 32.5 Å². The minimum Gasteiger partial charge on any atom is -0.368 e. The molecule has 4 rings (SSSR count). The van der Waals surface area contributed by atoms with Crippen LogP contribution in [0.4, 0.5) is 5.69 Å². The van der Waals surface area contributed by atoms with Crippen LogP contribution < -0.4 is 10.5 Å². The Morgan fingerprint density at radius 3 is 2.50 bits per heavy atom. The van der Waals surface area contributed by atoms with Crippen molar-refractivity contribution < 1.29 is 4.79 Å². The van der Waals surface area contributed by atoms with E-state index in [0.29, 0.717) is 27.9 Å². The number of thioether (sulfide) groups is 1. The number of aryl methyl sites for hydroxylation is 1. The Morgan fingerprint density at radius 1 is 1.09 bits per heavy atom. The zero-order chi connectivity index (χ0) is 22.8. The number of amides is 1. The number of hydrogen-bond acceptors (Lipinski definition) is 6. The third-order valence-electron chi connectivity index (χ3n) is 6.20. The molecule has 0 unspecified atom stereocenters. The summed E-state index contributed by atoms with van der Waals surface area (Å²) < 4.78 is 2.38. The summed E-state index contributed by atoms with van der Waals surface area (Å²) in [6, 6.07) is 8.08. The van der Waals surface area contributed by atoms with Crippen molar-refractivity contribution in [3.63, 3.8) is 0 Å². The van der Waals surface area contributed by atoms with Gasteiger partial charge in [0, 0.05) is 44.7 Å². The van der Waals surface area contributed by atoms with Crippen LogP contribution in [-0.2, 0) is 11.3 Å². The first-order chi connectivity index (χ1) is 15.5. The van der Waals surface area contributed by atoms with Crippen LogP contribution in [0.15, 0.2) is 34.0 Å². The van der Waals surface area contributed by atoms with E-state index < -0.39 is 0 Å². The van der Waals surface area contributed by atoms with Crippen molar-refractivity contribution >= 4 is 56.9 Å². The lowest BCUT2D eigenvalue weighted by molar-refractivity contribution is -0.122. The van der Waals surface area contributed by atoms with Gasteiger partial charge >= 0.3 is 0 Å². The SMILES string of the molecule is CCCCN1C(=O)C(=Cc2c(N3CCN(C)CC3)c3ccccc3n(CC)c2=O)SC1=S. The van der Waals surface area contributed by atoms with Crippen molar-refractivity contribution in [3.05, 3.63) is 45.1 Å². The van der Waals surface area contributed by atoms with Gasteiger partial charge in [0.25, 0.3) is 11.5 Å². The molecule has 0 aliphatic carbocycles. The Hall–Kier alpha value is -2.16. The van der Waals surface area contributed by atoms with Gasteiger partial charge in [-0.15, -0.1) is 0 Å². The number of carbonyl (C=O) groups is 1. The third kappa shape index (κ3) is 4.23. The number of rotatable bonds is 6. The van der Waals surface area contributed by atoms with E-state index in [4.69, 9.17) is 12.2 Å². The number of thiocarbonyl (C=S) groups is 1. The second kappa shape index (κ2) is 9.77. The van der Waals surface area contributed by atoms with Crippen LogP contribution in [0.1, 0.15) is 32.3 Å². The number of aromatic nitrogens is 1. The fraction of sp³-hybridized carbons (Fsp3) is 0.458. The van der Waals surface area contributed by atoms with Crippen LogP contribution >= 0.6 is 24.0 Å². The van der Waals surface area contributed by atoms with E-state index in [0.717, 1.165) is 55.6 Å². The van der Waals surface area contributed by atoms with Gasteiger partial charge in [0.1, 0.15) is 4.32 Å². The van der Waals surface area contributed by atoms with E-state index in [1.54, 1.807) is 15.5 Å². The van der Waals surface area contributed by atoms with Crippen molar-refractivity contribution in [1.29, 1.82) is 0 Å². The zero-order valence-corrected chi connectivity index (χ0v) is 20.6. The summed E-state index contributed by atoms with van der Waals surface area (Å²) in [5, 5.41) is 1.05. The fourth-order valence-corrected chi connectivity index (χ4v) is 5.66. The molecule has 1 amide bonds. The van der Waals surface area contributed by atoms with Gasteiger partial charge in [-0.3, -0.25) is 14.5 Å². The van der Waals surface area contributed by atoms with Crippen LogP contribution in [0.3, 0.4) is 0 Å². The van der Waals surface area contributed by atoms with Crippen molar-refractivity contribution in [2.75, 3.05) is 44.7 Å². The highest BCUT2D eigenvalue weighted by Crippen LogP contribution is 2.36. The molecule has 0 atom stereocenters. The standard InChI is InChI=1S/C24H30N4O2S2/c1-4-6-11-28-23(30)20(32-24(28)31)16-18-21(26-14-12-25(3)13-15-26)17-9-7-8-10-19(17)27(5-2)22(18)29/h7-10,16H,4-6,11-15H2,1-3H3. The number of nitrogens with zero attached hydrogens (tertiary/aromatic N) is 4. The van der Waals surface area contributed by atoms with E-state index in [1.807, 2.05) is 25.1 Å². The number of likely N-dealkylation sites (N-methyl/N-ethyl adjacent to an activating group) is 1. The van der Waals surface area contributed by atoms with Crippen molar-refractivity contribution in [3.8, 4) is 0 Å². The monoisotopic (exact) mass is 470 g/mol. The Labute approximate surface area is 198 Å². The van der Waals surface area contributed by atoms with Crippen LogP contribution in [0.25, 0.3) is 17.0 Å². The molecule has 3 heterocycles. The number of para-hydroxylation sites is 1. The van der Waals surface area contributed by atoms with Crippen molar-refractivity contribution in [1.82, 2.24) is 14.4 Å². The summed E-state index contributed by atoms with van der Waals surface area (Å²) in [6.45, 7) is 8.83. The first kappa shape index (κ1) is 23.0. The van der Waals surface area contributed by atoms with Crippen LogP contribution in [-0.4, -0.2) is 64.4 Å². The number of hydrogen-bond donors (Lipinski definition) is 0. The average Bonchev–Trinajstić information content (AvgIpc) is 3.06. The van der Waals surface area contributed by atoms with Crippen LogP contribution in [0, 0.1) is 0 Å². The number of piperazine rings is 1. The van der Waals surface area contributed by atoms with E-state index in [1.165, 1.54) is 11.8 Å². The second-order valence-electron chi connectivity index (χ2n) is 8.31. The van der Waals surface area contributed by atoms with Crippen LogP contribution in [0.2, 0.25) is 0 Å². The van der Waals surface area contributed by atoms with Gasteiger partial charge in [0.05, 0.1) is 21.7 Å². The molecule has 170 valence electrons. The number of carbonyl (C=O) groups excluding carboxylic acids is 1. The van der Waals surface area contributed by atoms with Gasteiger partial charge in [-0.1, -0.05) is 55.5 Å². The van der Waals surface area contributed by atoms with Gasteiger partial charge in [-0.25, -0.2) is 0 Å². The Kier molecular flexibility index (Phi) is 7.02. The first-order valence-electron chi connectivity index (χ1n) is 11.3. The molecule has 2 saturated heterocycles. The number of benzene rings is 1. The smallest absolute Gasteiger partial charge is 0.266 e. The summed E-state index contributed by atoms with van der Waals surface area (Å²) in [6.07, 6.45) is 3.69. The largest absolute Gasteiger partial charge is 0.368 e. The maximum absolute atomic E-state index is 13.7. The van der Waals surface area contributed by atoms with Gasteiger partial charge in [-0.2, -0.15) is 0 Å². The fourth-order valence-electron chi connectivity index (χ4n) is 4.37. The number of anilines is 1. The molecule has 2 aromatic rings. The topological polar surface area (TPSA) is 48.8 Å². The first-order valence-corrected chi connectivity index (χ1v) is 12.5. The molecule has 8 heteroatoms. The molecule has 32 heavy (non-hydrogen) atoms. The molecule has 0 radical (unpaired) electrons. The highest BCUT2D eigenvalue weighted by Gasteiger charge is 2.32. The van der Waals surface area contributed by atoms with E-state index in [9.17, 15) is 9.59 Å². The zero-order valence-electron chi connectivity index (χ0n) is 19.0. The van der Waals surface area contributed by atoms with E-state index >= 15 is 0 Å². The van der Waals surface area contributed by atoms with Crippen molar-refractivity contribution in [2.24, 2.45) is 0 Å². The highest BCUT2D eigenvalue weighted by molar-refractivity contribution is 8.26. The molecule has 0 saturated carbocycles. The summed E-state index contributed by atoms with van der Waals surface area (Å²) in [5.74, 6) is -0.0895. The minimum absolute atomic E-state index is 0.0565. The molecular weight excluding hydrogens is 440 g/mol. The minimum atomic E-state index is -0.0895. The third-order valence-corrected chi connectivity index (χ3v) is 7.58. The average molecular weight is 471 g/mol. The summed E-state index contributed by atoms with van der Waals surface area (Å²) >= 11 is 6.79. The maximum atomic E-state index is 13.7. The van der Waals surface area contributed by atoms with Gasteiger partial charge in [0.15, 0.2) is 0 Å². The van der Waals surface area contributed by atoms with Gasteiger partial charge < -0.3 is 14.4 Å². The molecular formula is C24H30N4O2S2. The molecule has 2 fully saturated rings. The van der Waals surface area contributed by atoms with E-state index in [-0.39, 0.29) is 11.5 Å². The maximum Gasteiger partial charge on any atom is 0.266 e. The normalized spacial score (nSPS) is 19.0. The molecule has 1 aromatic carbocycles. The summed E-state index contributed by atoms with van der Waals surface area (Å²) in [4.78, 5) is 33.6. The molecule has 0 N–H and O–H groups in total. The molecule has 6 nitrogen and oxygen atoms in total. The Morgan fingerprint density at radius 2 is 1.81 bits per heavy atom. The lowest BCUT2D eigenvalue weighted by Gasteiger charge is -2.35. The number of pyridine rings is 1. The predicted octanol–water partition coefficient (Wildman–Crippen LogP) is 3.77. The Bertz CT molecular complexity index is 1130. The summed E-state index contributed by atoms with van der Waals surface area (Å²) in [5.41, 5.74) is 2.40. The van der Waals surface area contributed by atoms with E-state index in [2.05, 4.69) is 29.8 Å². The molecule has 2 aliphatic heterocycles. The Balaban J connectivity index is 1.89. The lowest BCUT2D eigenvalue weighted by atomic mass is 10.1. The quantitative estimate of drug-likeness (QED) is 0.473. The number of unbranched alkanes of at least 4 members (excludes halogenated alkanes) is 1.